The van der Waals surface area contributed by atoms with Crippen molar-refractivity contribution in [3.8, 4) is 0 Å². The molecule has 1 heterocycles. The SMILES string of the molecule is NC1=NC(N)=C(c2ccccc2)C1. The van der Waals surface area contributed by atoms with Gasteiger partial charge in [0.05, 0.1) is 0 Å². The van der Waals surface area contributed by atoms with E-state index in [4.69, 9.17) is 11.5 Å². The molecule has 0 unspecified atom stereocenters. The zero-order valence-electron chi connectivity index (χ0n) is 7.20. The van der Waals surface area contributed by atoms with Gasteiger partial charge in [-0.15, -0.1) is 0 Å². The minimum atomic E-state index is 0.545. The number of rotatable bonds is 1. The maximum Gasteiger partial charge on any atom is 0.129 e. The summed E-state index contributed by atoms with van der Waals surface area (Å²) in [5, 5.41) is 0. The molecule has 0 aliphatic carbocycles. The molecule has 3 nitrogen and oxygen atoms in total. The Kier molecular flexibility index (Phi) is 1.77. The minimum absolute atomic E-state index is 0.545. The van der Waals surface area contributed by atoms with E-state index in [9.17, 15) is 0 Å². The van der Waals surface area contributed by atoms with Crippen molar-refractivity contribution >= 4 is 11.4 Å². The lowest BCUT2D eigenvalue weighted by molar-refractivity contribution is 1.27. The standard InChI is InChI=1S/C10H11N3/c11-9-6-8(10(12)13-9)7-4-2-1-3-5-7/h1-5H,6,12H2,(H2,11,13). The van der Waals surface area contributed by atoms with Crippen molar-refractivity contribution in [3.05, 3.63) is 41.7 Å². The van der Waals surface area contributed by atoms with Gasteiger partial charge in [-0.2, -0.15) is 0 Å². The molecule has 0 saturated heterocycles. The Morgan fingerprint density at radius 1 is 1.08 bits per heavy atom. The summed E-state index contributed by atoms with van der Waals surface area (Å²) in [7, 11) is 0. The van der Waals surface area contributed by atoms with E-state index >= 15 is 0 Å². The molecule has 1 aliphatic heterocycles. The van der Waals surface area contributed by atoms with Crippen LogP contribution in [0.3, 0.4) is 0 Å². The smallest absolute Gasteiger partial charge is 0.129 e. The second-order valence-electron chi connectivity index (χ2n) is 3.01. The summed E-state index contributed by atoms with van der Waals surface area (Å²) in [5.41, 5.74) is 13.4. The lowest BCUT2D eigenvalue weighted by Crippen LogP contribution is -2.07. The first-order valence-corrected chi connectivity index (χ1v) is 4.14. The van der Waals surface area contributed by atoms with Crippen LogP contribution in [-0.2, 0) is 0 Å². The molecule has 0 aromatic heterocycles. The van der Waals surface area contributed by atoms with E-state index in [0.717, 1.165) is 11.1 Å². The van der Waals surface area contributed by atoms with Gasteiger partial charge in [-0.3, -0.25) is 0 Å². The number of hydrogen-bond donors (Lipinski definition) is 2. The molecule has 13 heavy (non-hydrogen) atoms. The molecule has 0 saturated carbocycles. The van der Waals surface area contributed by atoms with E-state index in [2.05, 4.69) is 4.99 Å². The van der Waals surface area contributed by atoms with Gasteiger partial charge < -0.3 is 11.5 Å². The highest BCUT2D eigenvalue weighted by Crippen LogP contribution is 2.24. The number of nitrogens with two attached hydrogens (primary N) is 2. The third-order valence-corrected chi connectivity index (χ3v) is 2.05. The molecule has 0 atom stereocenters. The van der Waals surface area contributed by atoms with Gasteiger partial charge in [0.25, 0.3) is 0 Å². The summed E-state index contributed by atoms with van der Waals surface area (Å²) in [6.07, 6.45) is 0.663. The fourth-order valence-electron chi connectivity index (χ4n) is 1.42. The molecule has 2 rings (SSSR count). The fourth-order valence-corrected chi connectivity index (χ4v) is 1.42. The maximum atomic E-state index is 5.71. The Balaban J connectivity index is 2.36. The average Bonchev–Trinajstić information content (AvgIpc) is 2.47. The summed E-state index contributed by atoms with van der Waals surface area (Å²) in [6, 6.07) is 9.94. The van der Waals surface area contributed by atoms with Crippen molar-refractivity contribution in [1.82, 2.24) is 0 Å². The van der Waals surface area contributed by atoms with Crippen LogP contribution in [0.4, 0.5) is 0 Å². The largest absolute Gasteiger partial charge is 0.387 e. The predicted molar refractivity (Wildman–Crippen MR) is 53.8 cm³/mol. The van der Waals surface area contributed by atoms with Gasteiger partial charge in [-0.1, -0.05) is 30.3 Å². The number of nitrogens with zero attached hydrogens (tertiary/aromatic N) is 1. The van der Waals surface area contributed by atoms with Crippen LogP contribution < -0.4 is 11.5 Å². The molecular weight excluding hydrogens is 162 g/mol. The Bertz CT molecular complexity index is 376. The number of amidine groups is 1. The summed E-state index contributed by atoms with van der Waals surface area (Å²) in [6.45, 7) is 0. The van der Waals surface area contributed by atoms with Crippen molar-refractivity contribution < 1.29 is 0 Å². The third-order valence-electron chi connectivity index (χ3n) is 2.05. The Hall–Kier alpha value is -1.77. The molecule has 3 heteroatoms. The molecule has 0 amide bonds. The van der Waals surface area contributed by atoms with Crippen molar-refractivity contribution in [3.63, 3.8) is 0 Å². The molecular formula is C10H11N3. The summed E-state index contributed by atoms with van der Waals surface area (Å²) >= 11 is 0. The van der Waals surface area contributed by atoms with E-state index in [0.29, 0.717) is 18.1 Å². The van der Waals surface area contributed by atoms with E-state index < -0.39 is 0 Å². The molecule has 66 valence electrons. The molecule has 0 radical (unpaired) electrons. The zero-order chi connectivity index (χ0) is 9.26. The highest BCUT2D eigenvalue weighted by molar-refractivity contribution is 5.97. The Labute approximate surface area is 76.8 Å². The molecule has 4 N–H and O–H groups in total. The molecule has 1 aliphatic rings. The number of hydrogen-bond acceptors (Lipinski definition) is 3. The van der Waals surface area contributed by atoms with Crippen LogP contribution in [-0.4, -0.2) is 5.84 Å². The van der Waals surface area contributed by atoms with Gasteiger partial charge in [0.15, 0.2) is 0 Å². The van der Waals surface area contributed by atoms with Crippen LogP contribution in [0.1, 0.15) is 12.0 Å². The zero-order valence-corrected chi connectivity index (χ0v) is 7.20. The van der Waals surface area contributed by atoms with Gasteiger partial charge in [0, 0.05) is 12.0 Å². The van der Waals surface area contributed by atoms with Gasteiger partial charge in [0.1, 0.15) is 11.7 Å². The topological polar surface area (TPSA) is 64.4 Å². The summed E-state index contributed by atoms with van der Waals surface area (Å²) in [5.74, 6) is 1.14. The quantitative estimate of drug-likeness (QED) is 0.667. The van der Waals surface area contributed by atoms with Crippen LogP contribution in [0.25, 0.3) is 5.57 Å². The van der Waals surface area contributed by atoms with E-state index in [-0.39, 0.29) is 0 Å². The van der Waals surface area contributed by atoms with E-state index in [1.54, 1.807) is 0 Å². The summed E-state index contributed by atoms with van der Waals surface area (Å²) in [4.78, 5) is 4.00. The highest BCUT2D eigenvalue weighted by Gasteiger charge is 2.14. The van der Waals surface area contributed by atoms with Gasteiger partial charge in [-0.05, 0) is 5.56 Å². The van der Waals surface area contributed by atoms with Crippen molar-refractivity contribution in [2.45, 2.75) is 6.42 Å². The maximum absolute atomic E-state index is 5.71. The summed E-state index contributed by atoms with van der Waals surface area (Å²) < 4.78 is 0. The molecule has 1 aromatic carbocycles. The van der Waals surface area contributed by atoms with Crippen LogP contribution in [0.5, 0.6) is 0 Å². The lowest BCUT2D eigenvalue weighted by atomic mass is 10.0. The lowest BCUT2D eigenvalue weighted by Gasteiger charge is -2.01. The Morgan fingerprint density at radius 2 is 1.77 bits per heavy atom. The first-order valence-electron chi connectivity index (χ1n) is 4.14. The number of aliphatic imine (C=N–C) groups is 1. The van der Waals surface area contributed by atoms with Crippen molar-refractivity contribution in [2.24, 2.45) is 16.5 Å². The molecule has 0 spiro atoms. The Morgan fingerprint density at radius 3 is 2.31 bits per heavy atom. The van der Waals surface area contributed by atoms with Gasteiger partial charge >= 0.3 is 0 Å². The third kappa shape index (κ3) is 1.40. The molecule has 0 fully saturated rings. The molecule has 1 aromatic rings. The predicted octanol–water partition coefficient (Wildman–Crippen LogP) is 1.07. The van der Waals surface area contributed by atoms with Crippen LogP contribution in [0.15, 0.2) is 41.1 Å². The van der Waals surface area contributed by atoms with Crippen LogP contribution in [0.2, 0.25) is 0 Å². The monoisotopic (exact) mass is 173 g/mol. The first-order chi connectivity index (χ1) is 6.27. The van der Waals surface area contributed by atoms with Crippen LogP contribution in [0, 0.1) is 0 Å². The normalized spacial score (nSPS) is 16.2. The van der Waals surface area contributed by atoms with Gasteiger partial charge in [-0.25, -0.2) is 4.99 Å². The van der Waals surface area contributed by atoms with Gasteiger partial charge in [0.2, 0.25) is 0 Å². The highest BCUT2D eigenvalue weighted by atomic mass is 15.0. The average molecular weight is 173 g/mol. The first kappa shape index (κ1) is 7.86. The number of benzene rings is 1. The van der Waals surface area contributed by atoms with E-state index in [1.807, 2.05) is 30.3 Å². The van der Waals surface area contributed by atoms with E-state index in [1.165, 1.54) is 0 Å². The van der Waals surface area contributed by atoms with Crippen molar-refractivity contribution in [1.29, 1.82) is 0 Å². The van der Waals surface area contributed by atoms with Crippen molar-refractivity contribution in [2.75, 3.05) is 0 Å². The molecule has 0 bridgehead atoms. The fraction of sp³-hybridized carbons (Fsp3) is 0.100. The second kappa shape index (κ2) is 2.94. The van der Waals surface area contributed by atoms with Crippen LogP contribution >= 0.6 is 0 Å². The second-order valence-corrected chi connectivity index (χ2v) is 3.01. The minimum Gasteiger partial charge on any atom is -0.387 e.